The van der Waals surface area contributed by atoms with Crippen molar-refractivity contribution in [2.45, 2.75) is 38.1 Å². The van der Waals surface area contributed by atoms with Gasteiger partial charge in [-0.1, -0.05) is 37.5 Å². The fraction of sp³-hybridized carbons (Fsp3) is 0.333. The van der Waals surface area contributed by atoms with Crippen LogP contribution in [0, 0.1) is 0 Å². The second kappa shape index (κ2) is 6.78. The fourth-order valence-electron chi connectivity index (χ4n) is 3.10. The minimum Gasteiger partial charge on any atom is -0.351 e. The largest absolute Gasteiger partial charge is 0.351 e. The number of anilines is 3. The predicted molar refractivity (Wildman–Crippen MR) is 95.3 cm³/mol. The van der Waals surface area contributed by atoms with Crippen LogP contribution in [0.2, 0.25) is 0 Å². The molecule has 2 N–H and O–H groups in total. The van der Waals surface area contributed by atoms with Gasteiger partial charge in [0.15, 0.2) is 17.0 Å². The van der Waals surface area contributed by atoms with Crippen LogP contribution in [0.15, 0.2) is 42.7 Å². The molecule has 6 nitrogen and oxygen atoms in total. The molecule has 1 aliphatic carbocycles. The number of nitrogens with one attached hydrogen (secondary N) is 2. The van der Waals surface area contributed by atoms with Crippen molar-refractivity contribution >= 4 is 28.6 Å². The van der Waals surface area contributed by atoms with Gasteiger partial charge in [-0.2, -0.15) is 9.97 Å². The molecule has 0 saturated heterocycles. The van der Waals surface area contributed by atoms with Gasteiger partial charge in [-0.15, -0.1) is 0 Å². The van der Waals surface area contributed by atoms with E-state index in [1.807, 2.05) is 30.3 Å². The number of nitrogens with zero attached hydrogens (tertiary/aromatic N) is 4. The summed E-state index contributed by atoms with van der Waals surface area (Å²) >= 11 is 0. The third-order valence-electron chi connectivity index (χ3n) is 4.31. The molecule has 2 aromatic heterocycles. The highest BCUT2D eigenvalue weighted by Crippen LogP contribution is 2.24. The Morgan fingerprint density at radius 3 is 2.50 bits per heavy atom. The van der Waals surface area contributed by atoms with Crippen LogP contribution in [0.1, 0.15) is 32.1 Å². The van der Waals surface area contributed by atoms with E-state index in [0.29, 0.717) is 29.0 Å². The van der Waals surface area contributed by atoms with Crippen molar-refractivity contribution in [1.82, 2.24) is 19.9 Å². The van der Waals surface area contributed by atoms with Gasteiger partial charge in [0.05, 0.1) is 0 Å². The molecule has 0 unspecified atom stereocenters. The first kappa shape index (κ1) is 14.8. The van der Waals surface area contributed by atoms with Crippen molar-refractivity contribution in [2.24, 2.45) is 0 Å². The lowest BCUT2D eigenvalue weighted by atomic mass is 9.96. The van der Waals surface area contributed by atoms with Crippen LogP contribution in [0.3, 0.4) is 0 Å². The Bertz CT molecular complexity index is 814. The Labute approximate surface area is 140 Å². The number of fused-ring (bicyclic) bond motifs is 1. The van der Waals surface area contributed by atoms with E-state index in [0.717, 1.165) is 5.69 Å². The normalized spacial score (nSPS) is 15.3. The average molecular weight is 320 g/mol. The molecule has 0 bridgehead atoms. The summed E-state index contributed by atoms with van der Waals surface area (Å²) in [4.78, 5) is 17.9. The van der Waals surface area contributed by atoms with E-state index in [-0.39, 0.29) is 0 Å². The highest BCUT2D eigenvalue weighted by molar-refractivity contribution is 5.85. The zero-order chi connectivity index (χ0) is 16.2. The smallest absolute Gasteiger partial charge is 0.227 e. The van der Waals surface area contributed by atoms with Crippen molar-refractivity contribution in [3.8, 4) is 0 Å². The summed E-state index contributed by atoms with van der Waals surface area (Å²) < 4.78 is 0. The first-order valence-electron chi connectivity index (χ1n) is 8.46. The minimum atomic E-state index is 0.442. The first-order valence-corrected chi connectivity index (χ1v) is 8.46. The Morgan fingerprint density at radius 2 is 1.67 bits per heavy atom. The highest BCUT2D eigenvalue weighted by Gasteiger charge is 2.16. The molecule has 0 atom stereocenters. The van der Waals surface area contributed by atoms with Crippen LogP contribution in [-0.2, 0) is 0 Å². The van der Waals surface area contributed by atoms with E-state index in [9.17, 15) is 0 Å². The molecule has 1 fully saturated rings. The van der Waals surface area contributed by atoms with Crippen LogP contribution < -0.4 is 10.6 Å². The summed E-state index contributed by atoms with van der Waals surface area (Å²) in [6, 6.07) is 10.4. The summed E-state index contributed by atoms with van der Waals surface area (Å²) in [5.41, 5.74) is 2.24. The molecular formula is C18H20N6. The van der Waals surface area contributed by atoms with Crippen LogP contribution in [-0.4, -0.2) is 26.0 Å². The maximum atomic E-state index is 4.65. The summed E-state index contributed by atoms with van der Waals surface area (Å²) in [5.74, 6) is 1.30. The van der Waals surface area contributed by atoms with Gasteiger partial charge in [-0.05, 0) is 25.0 Å². The quantitative estimate of drug-likeness (QED) is 0.759. The lowest BCUT2D eigenvalue weighted by Crippen LogP contribution is -2.23. The molecular weight excluding hydrogens is 300 g/mol. The van der Waals surface area contributed by atoms with E-state index in [1.54, 1.807) is 12.4 Å². The van der Waals surface area contributed by atoms with Crippen molar-refractivity contribution in [3.05, 3.63) is 42.7 Å². The highest BCUT2D eigenvalue weighted by atomic mass is 15.2. The van der Waals surface area contributed by atoms with Gasteiger partial charge in [0.1, 0.15) is 0 Å². The van der Waals surface area contributed by atoms with E-state index in [2.05, 4.69) is 30.6 Å². The lowest BCUT2D eigenvalue weighted by molar-refractivity contribution is 0.461. The van der Waals surface area contributed by atoms with E-state index < -0.39 is 0 Å². The molecule has 3 aromatic rings. The topological polar surface area (TPSA) is 75.6 Å². The van der Waals surface area contributed by atoms with Crippen molar-refractivity contribution < 1.29 is 0 Å². The van der Waals surface area contributed by atoms with Crippen LogP contribution in [0.5, 0.6) is 0 Å². The second-order valence-corrected chi connectivity index (χ2v) is 6.09. The molecule has 1 aromatic carbocycles. The first-order chi connectivity index (χ1) is 11.9. The van der Waals surface area contributed by atoms with Gasteiger partial charge >= 0.3 is 0 Å². The molecule has 1 saturated carbocycles. The third-order valence-corrected chi connectivity index (χ3v) is 4.31. The van der Waals surface area contributed by atoms with Gasteiger partial charge in [0.2, 0.25) is 5.95 Å². The minimum absolute atomic E-state index is 0.442. The zero-order valence-corrected chi connectivity index (χ0v) is 13.4. The molecule has 0 radical (unpaired) electrons. The average Bonchev–Trinajstić information content (AvgIpc) is 2.63. The molecule has 1 aliphatic rings. The molecule has 0 amide bonds. The SMILES string of the molecule is c1ccc(Nc2nc(NC3CCCCC3)nc3nccnc23)cc1. The molecule has 122 valence electrons. The Kier molecular flexibility index (Phi) is 4.18. The summed E-state index contributed by atoms with van der Waals surface area (Å²) in [7, 11) is 0. The molecule has 6 heteroatoms. The van der Waals surface area contributed by atoms with Gasteiger partial charge in [-0.3, -0.25) is 0 Å². The van der Waals surface area contributed by atoms with E-state index in [4.69, 9.17) is 0 Å². The number of rotatable bonds is 4. The maximum Gasteiger partial charge on any atom is 0.227 e. The van der Waals surface area contributed by atoms with Crippen molar-refractivity contribution in [1.29, 1.82) is 0 Å². The molecule has 4 rings (SSSR count). The van der Waals surface area contributed by atoms with Gasteiger partial charge in [-0.25, -0.2) is 9.97 Å². The number of hydrogen-bond acceptors (Lipinski definition) is 6. The van der Waals surface area contributed by atoms with E-state index >= 15 is 0 Å². The molecule has 24 heavy (non-hydrogen) atoms. The second-order valence-electron chi connectivity index (χ2n) is 6.09. The zero-order valence-electron chi connectivity index (χ0n) is 13.4. The van der Waals surface area contributed by atoms with Crippen LogP contribution in [0.4, 0.5) is 17.5 Å². The van der Waals surface area contributed by atoms with Gasteiger partial charge in [0.25, 0.3) is 0 Å². The Morgan fingerprint density at radius 1 is 0.875 bits per heavy atom. The summed E-state index contributed by atoms with van der Waals surface area (Å²) in [6.45, 7) is 0. The third kappa shape index (κ3) is 3.27. The molecule has 0 aliphatic heterocycles. The number of hydrogen-bond donors (Lipinski definition) is 2. The van der Waals surface area contributed by atoms with Crippen molar-refractivity contribution in [2.75, 3.05) is 10.6 Å². The number of benzene rings is 1. The lowest BCUT2D eigenvalue weighted by Gasteiger charge is -2.23. The summed E-state index contributed by atoms with van der Waals surface area (Å²) in [6.07, 6.45) is 9.51. The maximum absolute atomic E-state index is 4.65. The standard InChI is InChI=1S/C18H20N6/c1-3-7-13(8-4-1)21-17-15-16(20-12-11-19-15)23-18(24-17)22-14-9-5-2-6-10-14/h1,3-4,7-8,11-12,14H,2,5-6,9-10H2,(H2,20,21,22,23,24). The molecule has 2 heterocycles. The fourth-order valence-corrected chi connectivity index (χ4v) is 3.10. The molecule has 0 spiro atoms. The van der Waals surface area contributed by atoms with E-state index in [1.165, 1.54) is 32.1 Å². The van der Waals surface area contributed by atoms with Crippen LogP contribution in [0.25, 0.3) is 11.2 Å². The van der Waals surface area contributed by atoms with Gasteiger partial charge < -0.3 is 10.6 Å². The number of aromatic nitrogens is 4. The monoisotopic (exact) mass is 320 g/mol. The van der Waals surface area contributed by atoms with Gasteiger partial charge in [0, 0.05) is 24.1 Å². The number of para-hydroxylation sites is 1. The van der Waals surface area contributed by atoms with Crippen LogP contribution >= 0.6 is 0 Å². The summed E-state index contributed by atoms with van der Waals surface area (Å²) in [5, 5.41) is 6.80. The predicted octanol–water partition coefficient (Wildman–Crippen LogP) is 3.91. The Balaban J connectivity index is 1.67. The Hall–Kier alpha value is -2.76. The van der Waals surface area contributed by atoms with Crippen molar-refractivity contribution in [3.63, 3.8) is 0 Å².